The topological polar surface area (TPSA) is 65.3 Å². The lowest BCUT2D eigenvalue weighted by atomic mass is 10.3. The third-order valence-corrected chi connectivity index (χ3v) is 4.62. The number of ether oxygens (including phenoxy) is 1. The van der Waals surface area contributed by atoms with Crippen molar-refractivity contribution >= 4 is 23.2 Å². The number of carbonyl (C=O) groups is 1. The minimum atomic E-state index is -0.825. The van der Waals surface area contributed by atoms with E-state index in [1.165, 1.54) is 4.68 Å². The first-order chi connectivity index (χ1) is 12.9. The zero-order valence-corrected chi connectivity index (χ0v) is 16.0. The van der Waals surface area contributed by atoms with E-state index in [1.807, 2.05) is 30.3 Å². The van der Waals surface area contributed by atoms with Gasteiger partial charge < -0.3 is 10.1 Å². The van der Waals surface area contributed by atoms with Gasteiger partial charge in [0.2, 0.25) is 0 Å². The van der Waals surface area contributed by atoms with Crippen LogP contribution in [0.25, 0.3) is 5.69 Å². The predicted octanol–water partition coefficient (Wildman–Crippen LogP) is 3.54. The number of hydrogen-bond donors (Lipinski definition) is 1. The molecule has 0 aliphatic rings. The van der Waals surface area contributed by atoms with Crippen molar-refractivity contribution in [3.63, 3.8) is 0 Å². The highest BCUT2D eigenvalue weighted by Crippen LogP contribution is 2.24. The third kappa shape index (κ3) is 3.75. The fraction of sp³-hybridized carbons (Fsp3) is 0.200. The highest BCUT2D eigenvalue weighted by Gasteiger charge is 2.22. The zero-order valence-electron chi connectivity index (χ0n) is 15.3. The summed E-state index contributed by atoms with van der Waals surface area (Å²) >= 11 is 6.06. The van der Waals surface area contributed by atoms with Crippen LogP contribution < -0.4 is 15.6 Å². The molecular formula is C20H20ClN3O3. The molecule has 6 nitrogen and oxygen atoms in total. The lowest BCUT2D eigenvalue weighted by Gasteiger charge is -2.15. The summed E-state index contributed by atoms with van der Waals surface area (Å²) in [5, 5.41) is 3.10. The van der Waals surface area contributed by atoms with Gasteiger partial charge in [0.05, 0.1) is 16.4 Å². The van der Waals surface area contributed by atoms with Gasteiger partial charge in [-0.3, -0.25) is 14.3 Å². The van der Waals surface area contributed by atoms with Crippen LogP contribution in [0, 0.1) is 6.92 Å². The van der Waals surface area contributed by atoms with Gasteiger partial charge in [-0.25, -0.2) is 4.68 Å². The number of halogens is 1. The van der Waals surface area contributed by atoms with Gasteiger partial charge in [-0.15, -0.1) is 0 Å². The second-order valence-corrected chi connectivity index (χ2v) is 6.52. The van der Waals surface area contributed by atoms with Gasteiger partial charge in [0.25, 0.3) is 11.5 Å². The van der Waals surface area contributed by atoms with E-state index in [4.69, 9.17) is 16.3 Å². The van der Waals surface area contributed by atoms with Crippen LogP contribution in [-0.4, -0.2) is 21.4 Å². The fourth-order valence-corrected chi connectivity index (χ4v) is 2.90. The summed E-state index contributed by atoms with van der Waals surface area (Å²) < 4.78 is 8.83. The van der Waals surface area contributed by atoms with Crippen molar-refractivity contribution in [1.29, 1.82) is 0 Å². The maximum Gasteiger partial charge on any atom is 0.295 e. The molecule has 1 N–H and O–H groups in total. The Morgan fingerprint density at radius 3 is 2.41 bits per heavy atom. The largest absolute Gasteiger partial charge is 0.479 e. The molecule has 1 heterocycles. The number of benzene rings is 2. The summed E-state index contributed by atoms with van der Waals surface area (Å²) in [7, 11) is 1.77. The van der Waals surface area contributed by atoms with Crippen LogP contribution in [0.15, 0.2) is 59.4 Å². The first-order valence-electron chi connectivity index (χ1n) is 8.46. The number of rotatable bonds is 5. The van der Waals surface area contributed by atoms with Gasteiger partial charge in [-0.05, 0) is 38.1 Å². The molecule has 1 aromatic heterocycles. The number of aromatic nitrogens is 2. The van der Waals surface area contributed by atoms with E-state index in [0.29, 0.717) is 22.2 Å². The van der Waals surface area contributed by atoms with Gasteiger partial charge in [0.15, 0.2) is 6.10 Å². The van der Waals surface area contributed by atoms with Crippen LogP contribution in [0.4, 0.5) is 5.69 Å². The SMILES string of the molecule is Cc1c(NC(=O)C(C)Oc2ccccc2Cl)c(=O)n(-c2ccccc2)n1C. The Labute approximate surface area is 161 Å². The molecule has 1 atom stereocenters. The average Bonchev–Trinajstić information content (AvgIpc) is 2.87. The molecule has 0 saturated heterocycles. The standard InChI is InChI=1S/C20H20ClN3O3/c1-13-18(20(26)24(23(13)3)15-9-5-4-6-10-15)22-19(25)14(2)27-17-12-8-7-11-16(17)21/h4-12,14H,1-3H3,(H,22,25). The van der Waals surface area contributed by atoms with Crippen molar-refractivity contribution in [2.75, 3.05) is 5.32 Å². The Balaban J connectivity index is 1.84. The molecule has 0 aliphatic heterocycles. The van der Waals surface area contributed by atoms with E-state index in [-0.39, 0.29) is 11.2 Å². The number of hydrogen-bond acceptors (Lipinski definition) is 3. The highest BCUT2D eigenvalue weighted by molar-refractivity contribution is 6.32. The first-order valence-corrected chi connectivity index (χ1v) is 8.84. The minimum Gasteiger partial charge on any atom is -0.479 e. The molecule has 3 aromatic rings. The van der Waals surface area contributed by atoms with Crippen molar-refractivity contribution in [2.45, 2.75) is 20.0 Å². The Morgan fingerprint density at radius 1 is 1.11 bits per heavy atom. The normalized spacial score (nSPS) is 11.9. The van der Waals surface area contributed by atoms with Crippen molar-refractivity contribution in [3.05, 3.63) is 75.7 Å². The second kappa shape index (κ2) is 7.72. The molecule has 0 saturated carbocycles. The van der Waals surface area contributed by atoms with Crippen LogP contribution in [0.3, 0.4) is 0 Å². The van der Waals surface area contributed by atoms with Gasteiger partial charge in [-0.2, -0.15) is 0 Å². The maximum atomic E-state index is 12.8. The Bertz CT molecular complexity index is 1020. The van der Waals surface area contributed by atoms with E-state index < -0.39 is 12.0 Å². The van der Waals surface area contributed by atoms with E-state index >= 15 is 0 Å². The van der Waals surface area contributed by atoms with Crippen molar-refractivity contribution in [3.8, 4) is 11.4 Å². The van der Waals surface area contributed by atoms with Gasteiger partial charge >= 0.3 is 0 Å². The van der Waals surface area contributed by atoms with Crippen molar-refractivity contribution in [2.24, 2.45) is 7.05 Å². The fourth-order valence-electron chi connectivity index (χ4n) is 2.72. The number of carbonyl (C=O) groups excluding carboxylic acids is 1. The lowest BCUT2D eigenvalue weighted by Crippen LogP contribution is -2.32. The predicted molar refractivity (Wildman–Crippen MR) is 106 cm³/mol. The van der Waals surface area contributed by atoms with Gasteiger partial charge in [-0.1, -0.05) is 41.9 Å². The maximum absolute atomic E-state index is 12.8. The Morgan fingerprint density at radius 2 is 1.74 bits per heavy atom. The van der Waals surface area contributed by atoms with Gasteiger partial charge in [0, 0.05) is 7.05 Å². The third-order valence-electron chi connectivity index (χ3n) is 4.31. The van der Waals surface area contributed by atoms with Crippen molar-refractivity contribution in [1.82, 2.24) is 9.36 Å². The molecule has 0 spiro atoms. The van der Waals surface area contributed by atoms with Crippen molar-refractivity contribution < 1.29 is 9.53 Å². The summed E-state index contributed by atoms with van der Waals surface area (Å²) in [6, 6.07) is 16.1. The number of anilines is 1. The van der Waals surface area contributed by atoms with E-state index in [9.17, 15) is 9.59 Å². The molecule has 3 rings (SSSR count). The summed E-state index contributed by atoms with van der Waals surface area (Å²) in [5.74, 6) is -0.0192. The smallest absolute Gasteiger partial charge is 0.295 e. The van der Waals surface area contributed by atoms with Crippen LogP contribution in [-0.2, 0) is 11.8 Å². The molecule has 27 heavy (non-hydrogen) atoms. The molecule has 140 valence electrons. The first kappa shape index (κ1) is 18.8. The molecule has 0 aliphatic carbocycles. The van der Waals surface area contributed by atoms with E-state index in [1.54, 1.807) is 49.8 Å². The van der Waals surface area contributed by atoms with E-state index in [2.05, 4.69) is 5.32 Å². The summed E-state index contributed by atoms with van der Waals surface area (Å²) in [5.41, 5.74) is 1.27. The highest BCUT2D eigenvalue weighted by atomic mass is 35.5. The number of nitrogens with one attached hydrogen (secondary N) is 1. The van der Waals surface area contributed by atoms with Crippen LogP contribution in [0.5, 0.6) is 5.75 Å². The van der Waals surface area contributed by atoms with Gasteiger partial charge in [0.1, 0.15) is 11.4 Å². The van der Waals surface area contributed by atoms with Crippen LogP contribution in [0.2, 0.25) is 5.02 Å². The van der Waals surface area contributed by atoms with Crippen LogP contribution >= 0.6 is 11.6 Å². The molecule has 1 unspecified atom stereocenters. The molecular weight excluding hydrogens is 366 g/mol. The average molecular weight is 386 g/mol. The summed E-state index contributed by atoms with van der Waals surface area (Å²) in [6.45, 7) is 3.38. The molecule has 0 fully saturated rings. The van der Waals surface area contributed by atoms with E-state index in [0.717, 1.165) is 0 Å². The lowest BCUT2D eigenvalue weighted by molar-refractivity contribution is -0.122. The quantitative estimate of drug-likeness (QED) is 0.730. The number of amides is 1. The number of para-hydroxylation sites is 2. The zero-order chi connectivity index (χ0) is 19.6. The molecule has 7 heteroatoms. The molecule has 0 bridgehead atoms. The minimum absolute atomic E-state index is 0.223. The second-order valence-electron chi connectivity index (χ2n) is 6.12. The molecule has 1 amide bonds. The Kier molecular flexibility index (Phi) is 5.37. The Hall–Kier alpha value is -2.99. The summed E-state index contributed by atoms with van der Waals surface area (Å²) in [6.07, 6.45) is -0.825. The summed E-state index contributed by atoms with van der Waals surface area (Å²) in [4.78, 5) is 25.4. The van der Waals surface area contributed by atoms with Crippen LogP contribution in [0.1, 0.15) is 12.6 Å². The number of nitrogens with zero attached hydrogens (tertiary/aromatic N) is 2. The monoisotopic (exact) mass is 385 g/mol. The molecule has 2 aromatic carbocycles. The molecule has 0 radical (unpaired) electrons.